The number of aromatic nitrogens is 2. The van der Waals surface area contributed by atoms with Crippen LogP contribution in [0, 0.1) is 0 Å². The molecule has 0 radical (unpaired) electrons. The Kier molecular flexibility index (Phi) is 4.16. The van der Waals surface area contributed by atoms with Crippen molar-refractivity contribution in [3.05, 3.63) is 83.6 Å². The Morgan fingerprint density at radius 1 is 0.926 bits per heavy atom. The number of hydrogen-bond acceptors (Lipinski definition) is 4. The molecule has 1 aliphatic rings. The molecule has 2 N–H and O–H groups in total. The van der Waals surface area contributed by atoms with Crippen LogP contribution in [0.2, 0.25) is 0 Å². The van der Waals surface area contributed by atoms with Crippen LogP contribution in [-0.2, 0) is 0 Å². The van der Waals surface area contributed by atoms with Gasteiger partial charge in [0.15, 0.2) is 5.78 Å². The highest BCUT2D eigenvalue weighted by molar-refractivity contribution is 6.24. The van der Waals surface area contributed by atoms with Crippen molar-refractivity contribution in [1.82, 2.24) is 9.97 Å². The lowest BCUT2D eigenvalue weighted by molar-refractivity contribution is 0.104. The Balaban J connectivity index is 2.05. The van der Waals surface area contributed by atoms with Crippen LogP contribution in [0.1, 0.15) is 35.5 Å². The number of allylic oxidation sites excluding steroid dienone is 4. The Morgan fingerprint density at radius 2 is 1.67 bits per heavy atom. The predicted molar refractivity (Wildman–Crippen MR) is 109 cm³/mol. The monoisotopic (exact) mass is 353 g/mol. The van der Waals surface area contributed by atoms with Gasteiger partial charge < -0.3 is 5.73 Å². The van der Waals surface area contributed by atoms with E-state index in [-0.39, 0.29) is 11.7 Å². The first kappa shape index (κ1) is 16.9. The summed E-state index contributed by atoms with van der Waals surface area (Å²) in [4.78, 5) is 22.1. The average Bonchev–Trinajstić information content (AvgIpc) is 2.98. The fourth-order valence-electron chi connectivity index (χ4n) is 3.56. The largest absolute Gasteiger partial charge is 0.368 e. The maximum Gasteiger partial charge on any atom is 0.221 e. The summed E-state index contributed by atoms with van der Waals surface area (Å²) in [5.41, 5.74) is 12.1. The van der Waals surface area contributed by atoms with Gasteiger partial charge in [0.05, 0.1) is 17.0 Å². The number of fused-ring (bicyclic) bond motifs is 3. The first-order chi connectivity index (χ1) is 13.2. The van der Waals surface area contributed by atoms with Gasteiger partial charge in [-0.1, -0.05) is 66.8 Å². The van der Waals surface area contributed by atoms with Gasteiger partial charge in [-0.2, -0.15) is 0 Å². The number of hydrogen-bond donors (Lipinski definition) is 1. The van der Waals surface area contributed by atoms with Gasteiger partial charge in [-0.3, -0.25) is 4.79 Å². The fourth-order valence-corrected chi connectivity index (χ4v) is 3.56. The van der Waals surface area contributed by atoms with E-state index < -0.39 is 0 Å². The van der Waals surface area contributed by atoms with Gasteiger partial charge in [-0.05, 0) is 30.5 Å². The van der Waals surface area contributed by atoms with Gasteiger partial charge in [0.1, 0.15) is 0 Å². The molecule has 0 spiro atoms. The highest BCUT2D eigenvalue weighted by Gasteiger charge is 2.34. The van der Waals surface area contributed by atoms with E-state index in [9.17, 15) is 4.79 Å². The zero-order valence-electron chi connectivity index (χ0n) is 15.2. The molecule has 0 amide bonds. The molecule has 0 unspecified atom stereocenters. The standard InChI is InChI=1S/C23H19N3O/c1-3-9-14(4-2)20-19-21(26-23(24)25-20)18-16(15-10-6-5-7-11-15)12-8-13-17(18)22(19)27/h3-13H,1-2H3,(H2,24,25,26). The lowest BCUT2D eigenvalue weighted by Gasteiger charge is -2.10. The molecule has 1 aromatic heterocycles. The Bertz CT molecular complexity index is 1110. The van der Waals surface area contributed by atoms with Crippen LogP contribution in [0.5, 0.6) is 0 Å². The van der Waals surface area contributed by atoms with Crippen molar-refractivity contribution in [3.8, 4) is 22.4 Å². The number of benzene rings is 2. The number of nitrogens with zero attached hydrogens (tertiary/aromatic N) is 2. The predicted octanol–water partition coefficient (Wildman–Crippen LogP) is 4.92. The van der Waals surface area contributed by atoms with Crippen LogP contribution < -0.4 is 5.73 Å². The quantitative estimate of drug-likeness (QED) is 0.531. The van der Waals surface area contributed by atoms with Gasteiger partial charge in [0, 0.05) is 11.1 Å². The summed E-state index contributed by atoms with van der Waals surface area (Å²) in [5.74, 6) is 0.104. The molecule has 0 aliphatic heterocycles. The van der Waals surface area contributed by atoms with Gasteiger partial charge in [-0.25, -0.2) is 9.97 Å². The zero-order valence-corrected chi connectivity index (χ0v) is 15.2. The van der Waals surface area contributed by atoms with Crippen molar-refractivity contribution in [2.75, 3.05) is 5.73 Å². The second-order valence-electron chi connectivity index (χ2n) is 6.32. The number of nitrogens with two attached hydrogens (primary N) is 1. The summed E-state index contributed by atoms with van der Waals surface area (Å²) < 4.78 is 0. The van der Waals surface area contributed by atoms with Crippen molar-refractivity contribution < 1.29 is 4.79 Å². The molecule has 2 aromatic carbocycles. The topological polar surface area (TPSA) is 68.9 Å². The number of nitrogen functional groups attached to an aromatic ring is 1. The van der Waals surface area contributed by atoms with E-state index in [0.29, 0.717) is 22.5 Å². The molecular weight excluding hydrogens is 334 g/mol. The second kappa shape index (κ2) is 6.65. The van der Waals surface area contributed by atoms with Gasteiger partial charge in [-0.15, -0.1) is 0 Å². The molecule has 132 valence electrons. The first-order valence-corrected chi connectivity index (χ1v) is 8.86. The van der Waals surface area contributed by atoms with E-state index in [1.54, 1.807) is 0 Å². The molecule has 4 rings (SSSR count). The second-order valence-corrected chi connectivity index (χ2v) is 6.32. The third-order valence-electron chi connectivity index (χ3n) is 4.71. The first-order valence-electron chi connectivity index (χ1n) is 8.86. The molecule has 1 heterocycles. The molecule has 0 fully saturated rings. The molecule has 0 bridgehead atoms. The summed E-state index contributed by atoms with van der Waals surface area (Å²) in [6.07, 6.45) is 5.77. The van der Waals surface area contributed by atoms with E-state index in [0.717, 1.165) is 22.3 Å². The number of anilines is 1. The van der Waals surface area contributed by atoms with E-state index in [1.165, 1.54) is 0 Å². The van der Waals surface area contributed by atoms with Crippen molar-refractivity contribution in [2.24, 2.45) is 0 Å². The van der Waals surface area contributed by atoms with Gasteiger partial charge in [0.2, 0.25) is 5.95 Å². The van der Waals surface area contributed by atoms with Crippen molar-refractivity contribution in [1.29, 1.82) is 0 Å². The molecular formula is C23H19N3O. The SMILES string of the molecule is CC=CC(=CC)c1nc(N)nc2c1C(=O)c1cccc(-c3ccccc3)c1-2. The minimum Gasteiger partial charge on any atom is -0.368 e. The van der Waals surface area contributed by atoms with Crippen LogP contribution in [-0.4, -0.2) is 15.8 Å². The maximum absolute atomic E-state index is 13.3. The summed E-state index contributed by atoms with van der Waals surface area (Å²) >= 11 is 0. The summed E-state index contributed by atoms with van der Waals surface area (Å²) in [7, 11) is 0. The third-order valence-corrected chi connectivity index (χ3v) is 4.71. The number of carbonyl (C=O) groups excluding carboxylic acids is 1. The summed E-state index contributed by atoms with van der Waals surface area (Å²) in [5, 5.41) is 0. The van der Waals surface area contributed by atoms with Crippen molar-refractivity contribution in [3.63, 3.8) is 0 Å². The van der Waals surface area contributed by atoms with E-state index in [1.807, 2.05) is 80.6 Å². The lowest BCUT2D eigenvalue weighted by Crippen LogP contribution is -2.07. The molecule has 0 saturated carbocycles. The number of rotatable bonds is 3. The minimum atomic E-state index is -0.0587. The van der Waals surface area contributed by atoms with Gasteiger partial charge in [0.25, 0.3) is 0 Å². The molecule has 4 heteroatoms. The normalized spacial score (nSPS) is 13.1. The lowest BCUT2D eigenvalue weighted by atomic mass is 9.96. The molecule has 4 nitrogen and oxygen atoms in total. The average molecular weight is 353 g/mol. The van der Waals surface area contributed by atoms with E-state index in [2.05, 4.69) is 9.97 Å². The molecule has 27 heavy (non-hydrogen) atoms. The van der Waals surface area contributed by atoms with E-state index in [4.69, 9.17) is 5.73 Å². The minimum absolute atomic E-state index is 0.0587. The molecule has 0 saturated heterocycles. The Labute approximate surface area is 158 Å². The molecule has 3 aromatic rings. The molecule has 1 aliphatic carbocycles. The summed E-state index contributed by atoms with van der Waals surface area (Å²) in [6, 6.07) is 15.8. The summed E-state index contributed by atoms with van der Waals surface area (Å²) in [6.45, 7) is 3.85. The maximum atomic E-state index is 13.3. The number of ketones is 1. The molecule has 0 atom stereocenters. The van der Waals surface area contributed by atoms with Crippen LogP contribution in [0.25, 0.3) is 28.0 Å². The van der Waals surface area contributed by atoms with E-state index >= 15 is 0 Å². The fraction of sp³-hybridized carbons (Fsp3) is 0.0870. The Hall–Kier alpha value is -3.53. The highest BCUT2D eigenvalue weighted by Crippen LogP contribution is 2.44. The number of carbonyl (C=O) groups is 1. The smallest absolute Gasteiger partial charge is 0.221 e. The zero-order chi connectivity index (χ0) is 19.0. The van der Waals surface area contributed by atoms with Crippen molar-refractivity contribution in [2.45, 2.75) is 13.8 Å². The van der Waals surface area contributed by atoms with Crippen LogP contribution in [0.15, 0.2) is 66.8 Å². The highest BCUT2D eigenvalue weighted by atomic mass is 16.1. The van der Waals surface area contributed by atoms with Gasteiger partial charge >= 0.3 is 0 Å². The van der Waals surface area contributed by atoms with Crippen LogP contribution in [0.3, 0.4) is 0 Å². The van der Waals surface area contributed by atoms with Crippen LogP contribution >= 0.6 is 0 Å². The van der Waals surface area contributed by atoms with Crippen molar-refractivity contribution >= 4 is 17.3 Å². The third kappa shape index (κ3) is 2.66. The van der Waals surface area contributed by atoms with Crippen LogP contribution in [0.4, 0.5) is 5.95 Å². The Morgan fingerprint density at radius 3 is 2.37 bits per heavy atom.